The minimum atomic E-state index is -0.585. The zero-order valence-corrected chi connectivity index (χ0v) is 17.4. The van der Waals surface area contributed by atoms with E-state index in [0.29, 0.717) is 30.8 Å². The number of amides is 3. The van der Waals surface area contributed by atoms with E-state index in [1.54, 1.807) is 37.6 Å². The molecule has 1 aromatic heterocycles. The van der Waals surface area contributed by atoms with Crippen LogP contribution in [0, 0.1) is 0 Å². The number of anilines is 1. The number of aliphatic hydroxyl groups excluding tert-OH is 1. The van der Waals surface area contributed by atoms with Gasteiger partial charge in [0.15, 0.2) is 0 Å². The molecular formula is C22H28N4O5. The maximum Gasteiger partial charge on any atom is 0.319 e. The SMILES string of the molecule is COc1cccc(NC(=O)N[C@@H]2CC[C@H](CC(=O)NCc3ccccn3)O[C@H]2CO)c1. The molecule has 1 aliphatic rings. The van der Waals surface area contributed by atoms with Gasteiger partial charge in [0, 0.05) is 18.0 Å². The van der Waals surface area contributed by atoms with E-state index >= 15 is 0 Å². The van der Waals surface area contributed by atoms with Gasteiger partial charge in [-0.05, 0) is 37.1 Å². The van der Waals surface area contributed by atoms with Crippen molar-refractivity contribution in [3.63, 3.8) is 0 Å². The average molecular weight is 428 g/mol. The first-order valence-corrected chi connectivity index (χ1v) is 10.2. The molecule has 4 N–H and O–H groups in total. The first-order chi connectivity index (χ1) is 15.1. The molecule has 0 unspecified atom stereocenters. The largest absolute Gasteiger partial charge is 0.497 e. The summed E-state index contributed by atoms with van der Waals surface area (Å²) < 4.78 is 11.0. The van der Waals surface area contributed by atoms with Crippen molar-refractivity contribution in [1.29, 1.82) is 0 Å². The van der Waals surface area contributed by atoms with Gasteiger partial charge in [-0.15, -0.1) is 0 Å². The van der Waals surface area contributed by atoms with Gasteiger partial charge in [-0.1, -0.05) is 12.1 Å². The Hall–Kier alpha value is -3.17. The summed E-state index contributed by atoms with van der Waals surface area (Å²) >= 11 is 0. The topological polar surface area (TPSA) is 122 Å². The smallest absolute Gasteiger partial charge is 0.319 e. The molecular weight excluding hydrogens is 400 g/mol. The van der Waals surface area contributed by atoms with Crippen LogP contribution < -0.4 is 20.7 Å². The van der Waals surface area contributed by atoms with Crippen molar-refractivity contribution < 1.29 is 24.2 Å². The second-order valence-electron chi connectivity index (χ2n) is 7.30. The fraction of sp³-hybridized carbons (Fsp3) is 0.409. The Morgan fingerprint density at radius 3 is 2.84 bits per heavy atom. The molecule has 1 fully saturated rings. The number of aromatic nitrogens is 1. The van der Waals surface area contributed by atoms with Gasteiger partial charge in [-0.25, -0.2) is 4.79 Å². The predicted molar refractivity (Wildman–Crippen MR) is 115 cm³/mol. The Kier molecular flexibility index (Phi) is 8.19. The third-order valence-corrected chi connectivity index (χ3v) is 5.05. The molecule has 2 aromatic rings. The van der Waals surface area contributed by atoms with Gasteiger partial charge in [0.2, 0.25) is 5.91 Å². The number of rotatable bonds is 8. The number of nitrogens with zero attached hydrogens (tertiary/aromatic N) is 1. The molecule has 3 atom stereocenters. The van der Waals surface area contributed by atoms with Crippen LogP contribution in [0.15, 0.2) is 48.7 Å². The summed E-state index contributed by atoms with van der Waals surface area (Å²) in [7, 11) is 1.56. The van der Waals surface area contributed by atoms with Crippen molar-refractivity contribution in [2.75, 3.05) is 19.0 Å². The van der Waals surface area contributed by atoms with Crippen LogP contribution >= 0.6 is 0 Å². The van der Waals surface area contributed by atoms with Gasteiger partial charge in [0.25, 0.3) is 0 Å². The number of hydrogen-bond donors (Lipinski definition) is 4. The van der Waals surface area contributed by atoms with Crippen LogP contribution in [-0.2, 0) is 16.1 Å². The minimum absolute atomic E-state index is 0.144. The number of aliphatic hydroxyl groups is 1. The summed E-state index contributed by atoms with van der Waals surface area (Å²) in [5.41, 5.74) is 1.37. The molecule has 9 heteroatoms. The van der Waals surface area contributed by atoms with Crippen LogP contribution in [0.2, 0.25) is 0 Å². The Balaban J connectivity index is 1.45. The highest BCUT2D eigenvalue weighted by Crippen LogP contribution is 2.22. The van der Waals surface area contributed by atoms with E-state index in [0.717, 1.165) is 5.69 Å². The minimum Gasteiger partial charge on any atom is -0.497 e. The van der Waals surface area contributed by atoms with Crippen LogP contribution in [0.5, 0.6) is 5.75 Å². The lowest BCUT2D eigenvalue weighted by Gasteiger charge is -2.35. The van der Waals surface area contributed by atoms with Gasteiger partial charge in [-0.2, -0.15) is 0 Å². The van der Waals surface area contributed by atoms with Gasteiger partial charge in [-0.3, -0.25) is 9.78 Å². The molecule has 2 heterocycles. The molecule has 9 nitrogen and oxygen atoms in total. The summed E-state index contributed by atoms with van der Waals surface area (Å²) in [5.74, 6) is 0.491. The molecule has 0 aliphatic carbocycles. The number of hydrogen-bond acceptors (Lipinski definition) is 6. The van der Waals surface area contributed by atoms with Crippen LogP contribution in [0.25, 0.3) is 0 Å². The van der Waals surface area contributed by atoms with Crippen molar-refractivity contribution in [3.8, 4) is 5.75 Å². The molecule has 3 rings (SSSR count). The first kappa shape index (κ1) is 22.5. The second kappa shape index (κ2) is 11.3. The highest BCUT2D eigenvalue weighted by Gasteiger charge is 2.32. The van der Waals surface area contributed by atoms with E-state index in [2.05, 4.69) is 20.9 Å². The second-order valence-corrected chi connectivity index (χ2v) is 7.30. The third kappa shape index (κ3) is 6.94. The summed E-state index contributed by atoms with van der Waals surface area (Å²) in [5, 5.41) is 18.1. The standard InChI is InChI=1S/C22H28N4O5/c1-30-17-7-4-6-15(11-17)25-22(29)26-19-9-8-18(31-20(19)14-27)12-21(28)24-13-16-5-2-3-10-23-16/h2-7,10-11,18-20,27H,8-9,12-14H2,1H3,(H,24,28)(H2,25,26,29)/t18-,19-,20+/m1/s1. The monoisotopic (exact) mass is 428 g/mol. The van der Waals surface area contributed by atoms with Gasteiger partial charge < -0.3 is 30.5 Å². The molecule has 0 spiro atoms. The lowest BCUT2D eigenvalue weighted by molar-refractivity contribution is -0.130. The number of carbonyl (C=O) groups excluding carboxylic acids is 2. The van der Waals surface area contributed by atoms with E-state index in [-0.39, 0.29) is 31.1 Å². The number of urea groups is 1. The average Bonchev–Trinajstić information content (AvgIpc) is 2.79. The lowest BCUT2D eigenvalue weighted by atomic mass is 9.97. The highest BCUT2D eigenvalue weighted by molar-refractivity contribution is 5.89. The molecule has 1 aromatic carbocycles. The molecule has 1 saturated heterocycles. The molecule has 1 aliphatic heterocycles. The lowest BCUT2D eigenvalue weighted by Crippen LogP contribution is -2.52. The number of benzene rings is 1. The van der Waals surface area contributed by atoms with Gasteiger partial charge >= 0.3 is 6.03 Å². The number of carbonyl (C=O) groups is 2. The Bertz CT molecular complexity index is 864. The summed E-state index contributed by atoms with van der Waals surface area (Å²) in [6.07, 6.45) is 2.15. The normalized spacial score (nSPS) is 20.5. The highest BCUT2D eigenvalue weighted by atomic mass is 16.5. The van der Waals surface area contributed by atoms with Crippen molar-refractivity contribution in [3.05, 3.63) is 54.4 Å². The van der Waals surface area contributed by atoms with Crippen LogP contribution in [0.3, 0.4) is 0 Å². The Morgan fingerprint density at radius 1 is 1.23 bits per heavy atom. The van der Waals surface area contributed by atoms with Crippen LogP contribution in [0.4, 0.5) is 10.5 Å². The van der Waals surface area contributed by atoms with Crippen molar-refractivity contribution >= 4 is 17.6 Å². The molecule has 3 amide bonds. The first-order valence-electron chi connectivity index (χ1n) is 10.2. The zero-order valence-electron chi connectivity index (χ0n) is 17.4. The Morgan fingerprint density at radius 2 is 2.10 bits per heavy atom. The number of pyridine rings is 1. The molecule has 0 radical (unpaired) electrons. The summed E-state index contributed by atoms with van der Waals surface area (Å²) in [4.78, 5) is 28.7. The molecule has 0 bridgehead atoms. The maximum atomic E-state index is 12.4. The van der Waals surface area contributed by atoms with Crippen molar-refractivity contribution in [2.45, 2.75) is 44.1 Å². The molecule has 31 heavy (non-hydrogen) atoms. The van der Waals surface area contributed by atoms with E-state index in [1.165, 1.54) is 0 Å². The quantitative estimate of drug-likeness (QED) is 0.509. The van der Waals surface area contributed by atoms with Gasteiger partial charge in [0.05, 0.1) is 44.5 Å². The van der Waals surface area contributed by atoms with E-state index in [9.17, 15) is 14.7 Å². The fourth-order valence-electron chi connectivity index (χ4n) is 3.45. The number of ether oxygens (including phenoxy) is 2. The van der Waals surface area contributed by atoms with Crippen LogP contribution in [-0.4, -0.2) is 54.0 Å². The van der Waals surface area contributed by atoms with Gasteiger partial charge in [0.1, 0.15) is 11.9 Å². The van der Waals surface area contributed by atoms with Crippen molar-refractivity contribution in [1.82, 2.24) is 15.6 Å². The number of methoxy groups -OCH3 is 1. The summed E-state index contributed by atoms with van der Waals surface area (Å²) in [6, 6.07) is 11.8. The third-order valence-electron chi connectivity index (χ3n) is 5.05. The predicted octanol–water partition coefficient (Wildman–Crippen LogP) is 1.83. The van der Waals surface area contributed by atoms with E-state index in [4.69, 9.17) is 9.47 Å². The molecule has 166 valence electrons. The Labute approximate surface area is 181 Å². The van der Waals surface area contributed by atoms with E-state index in [1.807, 2.05) is 18.2 Å². The van der Waals surface area contributed by atoms with E-state index < -0.39 is 12.1 Å². The fourth-order valence-corrected chi connectivity index (χ4v) is 3.45. The summed E-state index contributed by atoms with van der Waals surface area (Å²) in [6.45, 7) is 0.0978. The zero-order chi connectivity index (χ0) is 22.1. The maximum absolute atomic E-state index is 12.4. The van der Waals surface area contributed by atoms with Crippen LogP contribution in [0.1, 0.15) is 25.0 Å². The molecule has 0 saturated carbocycles. The number of nitrogens with one attached hydrogen (secondary N) is 3. The van der Waals surface area contributed by atoms with Crippen molar-refractivity contribution in [2.24, 2.45) is 0 Å².